The second-order valence-corrected chi connectivity index (χ2v) is 2.70. The van der Waals surface area contributed by atoms with Crippen molar-refractivity contribution in [2.75, 3.05) is 5.75 Å². The van der Waals surface area contributed by atoms with Crippen molar-refractivity contribution in [1.82, 2.24) is 0 Å². The van der Waals surface area contributed by atoms with Gasteiger partial charge in [-0.25, -0.2) is 4.40 Å². The zero-order valence-corrected chi connectivity index (χ0v) is 5.46. The molecule has 1 nitrogen and oxygen atoms in total. The number of nitrogens with zero attached hydrogens (tertiary/aromatic N) is 1. The molecule has 0 saturated heterocycles. The molecular formula is C5H9NS. The van der Waals surface area contributed by atoms with Gasteiger partial charge in [-0.2, -0.15) is 0 Å². The molecule has 1 unspecified atom stereocenters. The van der Waals surface area contributed by atoms with Crippen LogP contribution in [0.4, 0.5) is 0 Å². The Hall–Kier alpha value is 0.0200. The predicted molar refractivity (Wildman–Crippen MR) is 34.7 cm³/mol. The van der Waals surface area contributed by atoms with Gasteiger partial charge in [0.05, 0.1) is 0 Å². The molecule has 1 aliphatic heterocycles. The lowest BCUT2D eigenvalue weighted by Crippen LogP contribution is -2.01. The van der Waals surface area contributed by atoms with Gasteiger partial charge >= 0.3 is 0 Å². The van der Waals surface area contributed by atoms with E-state index in [9.17, 15) is 0 Å². The standard InChI is InChI=1S/C5H9NS/c1-4-3-7-6-5(4)2/h4H,3H2,1-2H3. The molecule has 0 aromatic rings. The van der Waals surface area contributed by atoms with Gasteiger partial charge in [-0.3, -0.25) is 0 Å². The highest BCUT2D eigenvalue weighted by atomic mass is 32.2. The Kier molecular flexibility index (Phi) is 1.38. The van der Waals surface area contributed by atoms with E-state index in [2.05, 4.69) is 18.2 Å². The van der Waals surface area contributed by atoms with Gasteiger partial charge in [-0.05, 0) is 18.9 Å². The van der Waals surface area contributed by atoms with Gasteiger partial charge in [0.15, 0.2) is 0 Å². The van der Waals surface area contributed by atoms with E-state index in [-0.39, 0.29) is 0 Å². The van der Waals surface area contributed by atoms with E-state index in [1.807, 2.05) is 0 Å². The molecule has 0 amide bonds. The lowest BCUT2D eigenvalue weighted by Gasteiger charge is -1.94. The van der Waals surface area contributed by atoms with Crippen LogP contribution in [0.25, 0.3) is 0 Å². The summed E-state index contributed by atoms with van der Waals surface area (Å²) in [7, 11) is 0. The topological polar surface area (TPSA) is 12.4 Å². The van der Waals surface area contributed by atoms with Gasteiger partial charge in [0.25, 0.3) is 0 Å². The molecule has 0 aliphatic carbocycles. The van der Waals surface area contributed by atoms with Crippen LogP contribution in [0, 0.1) is 5.92 Å². The molecule has 1 heterocycles. The van der Waals surface area contributed by atoms with E-state index >= 15 is 0 Å². The van der Waals surface area contributed by atoms with Crippen LogP contribution in [0.1, 0.15) is 13.8 Å². The van der Waals surface area contributed by atoms with E-state index in [4.69, 9.17) is 0 Å². The van der Waals surface area contributed by atoms with Gasteiger partial charge in [0.2, 0.25) is 0 Å². The first-order chi connectivity index (χ1) is 3.30. The fraction of sp³-hybridized carbons (Fsp3) is 0.800. The Labute approximate surface area is 48.3 Å². The molecule has 0 saturated carbocycles. The number of hydrogen-bond acceptors (Lipinski definition) is 2. The second-order valence-electron chi connectivity index (χ2n) is 1.93. The van der Waals surface area contributed by atoms with Crippen molar-refractivity contribution >= 4 is 17.7 Å². The highest BCUT2D eigenvalue weighted by Crippen LogP contribution is 2.19. The van der Waals surface area contributed by atoms with Crippen molar-refractivity contribution in [1.29, 1.82) is 0 Å². The third-order valence-corrected chi connectivity index (χ3v) is 2.31. The summed E-state index contributed by atoms with van der Waals surface area (Å²) in [5.74, 6) is 1.91. The molecule has 40 valence electrons. The van der Waals surface area contributed by atoms with Crippen LogP contribution in [0.15, 0.2) is 4.40 Å². The third kappa shape index (κ3) is 0.969. The fourth-order valence-electron chi connectivity index (χ4n) is 0.461. The average Bonchev–Trinajstić information content (AvgIpc) is 1.91. The van der Waals surface area contributed by atoms with Crippen molar-refractivity contribution in [3.05, 3.63) is 0 Å². The molecule has 0 aromatic carbocycles. The third-order valence-electron chi connectivity index (χ3n) is 1.25. The normalized spacial score (nSPS) is 30.6. The molecule has 0 N–H and O–H groups in total. The molecule has 2 heteroatoms. The van der Waals surface area contributed by atoms with Crippen LogP contribution in [0.5, 0.6) is 0 Å². The Bertz CT molecular complexity index is 98.3. The first-order valence-corrected chi connectivity index (χ1v) is 3.41. The predicted octanol–water partition coefficient (Wildman–Crippen LogP) is 1.75. The minimum atomic E-state index is 0.727. The lowest BCUT2D eigenvalue weighted by atomic mass is 10.1. The van der Waals surface area contributed by atoms with Gasteiger partial charge < -0.3 is 0 Å². The highest BCUT2D eigenvalue weighted by Gasteiger charge is 2.10. The van der Waals surface area contributed by atoms with Crippen molar-refractivity contribution in [2.45, 2.75) is 13.8 Å². The second kappa shape index (κ2) is 1.86. The van der Waals surface area contributed by atoms with Crippen LogP contribution in [0.2, 0.25) is 0 Å². The van der Waals surface area contributed by atoms with Crippen LogP contribution < -0.4 is 0 Å². The molecule has 0 spiro atoms. The summed E-state index contributed by atoms with van der Waals surface area (Å²) in [4.78, 5) is 0. The molecule has 1 atom stereocenters. The Balaban J connectivity index is 2.54. The Morgan fingerprint density at radius 3 is 2.71 bits per heavy atom. The fourth-order valence-corrected chi connectivity index (χ4v) is 1.38. The quantitative estimate of drug-likeness (QED) is 0.438. The van der Waals surface area contributed by atoms with Gasteiger partial charge in [0.1, 0.15) is 0 Å². The summed E-state index contributed by atoms with van der Waals surface area (Å²) in [6, 6.07) is 0. The molecule has 7 heavy (non-hydrogen) atoms. The van der Waals surface area contributed by atoms with Crippen molar-refractivity contribution in [3.63, 3.8) is 0 Å². The van der Waals surface area contributed by atoms with E-state index in [1.54, 1.807) is 11.9 Å². The number of hydrogen-bond donors (Lipinski definition) is 0. The van der Waals surface area contributed by atoms with Gasteiger partial charge in [-0.15, -0.1) is 0 Å². The van der Waals surface area contributed by atoms with Gasteiger partial charge in [0, 0.05) is 17.4 Å². The highest BCUT2D eigenvalue weighted by molar-refractivity contribution is 7.98. The Morgan fingerprint density at radius 1 is 1.86 bits per heavy atom. The summed E-state index contributed by atoms with van der Waals surface area (Å²) in [6.07, 6.45) is 0. The van der Waals surface area contributed by atoms with Crippen molar-refractivity contribution in [3.8, 4) is 0 Å². The summed E-state index contributed by atoms with van der Waals surface area (Å²) >= 11 is 1.68. The minimum absolute atomic E-state index is 0.727. The summed E-state index contributed by atoms with van der Waals surface area (Å²) in [5.41, 5.74) is 1.30. The zero-order valence-electron chi connectivity index (χ0n) is 4.64. The molecular weight excluding hydrogens is 106 g/mol. The summed E-state index contributed by atoms with van der Waals surface area (Å²) in [5, 5.41) is 0. The maximum atomic E-state index is 4.15. The summed E-state index contributed by atoms with van der Waals surface area (Å²) in [6.45, 7) is 4.30. The SMILES string of the molecule is CC1=NSCC1C. The monoisotopic (exact) mass is 115 g/mol. The average molecular weight is 115 g/mol. The van der Waals surface area contributed by atoms with E-state index in [1.165, 1.54) is 11.5 Å². The minimum Gasteiger partial charge on any atom is -0.226 e. The molecule has 0 bridgehead atoms. The molecule has 0 radical (unpaired) electrons. The van der Waals surface area contributed by atoms with Crippen LogP contribution in [-0.2, 0) is 0 Å². The van der Waals surface area contributed by atoms with E-state index in [0.29, 0.717) is 0 Å². The van der Waals surface area contributed by atoms with Crippen LogP contribution in [-0.4, -0.2) is 11.5 Å². The van der Waals surface area contributed by atoms with Crippen molar-refractivity contribution in [2.24, 2.45) is 10.3 Å². The van der Waals surface area contributed by atoms with E-state index in [0.717, 1.165) is 5.92 Å². The molecule has 0 aromatic heterocycles. The summed E-state index contributed by atoms with van der Waals surface area (Å²) < 4.78 is 4.15. The zero-order chi connectivity index (χ0) is 5.28. The Morgan fingerprint density at radius 2 is 2.57 bits per heavy atom. The van der Waals surface area contributed by atoms with E-state index < -0.39 is 0 Å². The first-order valence-electron chi connectivity index (χ1n) is 2.47. The molecule has 0 fully saturated rings. The largest absolute Gasteiger partial charge is 0.226 e. The smallest absolute Gasteiger partial charge is 0.0268 e. The van der Waals surface area contributed by atoms with Crippen LogP contribution >= 0.6 is 11.9 Å². The van der Waals surface area contributed by atoms with Crippen LogP contribution in [0.3, 0.4) is 0 Å². The van der Waals surface area contributed by atoms with Gasteiger partial charge in [-0.1, -0.05) is 6.92 Å². The first kappa shape index (κ1) is 5.16. The molecule has 1 aliphatic rings. The molecule has 1 rings (SSSR count). The maximum absolute atomic E-state index is 4.15. The maximum Gasteiger partial charge on any atom is 0.0268 e. The number of rotatable bonds is 0. The van der Waals surface area contributed by atoms with Crippen molar-refractivity contribution < 1.29 is 0 Å². The lowest BCUT2D eigenvalue weighted by molar-refractivity contribution is 0.914.